The van der Waals surface area contributed by atoms with Gasteiger partial charge in [0.25, 0.3) is 0 Å². The maximum atomic E-state index is 11.1. The Morgan fingerprint density at radius 1 is 1.33 bits per heavy atom. The topological polar surface area (TPSA) is 58.2 Å². The van der Waals surface area contributed by atoms with Crippen LogP contribution in [0.25, 0.3) is 0 Å². The van der Waals surface area contributed by atoms with Crippen molar-refractivity contribution < 1.29 is 9.00 Å². The van der Waals surface area contributed by atoms with Crippen LogP contribution in [-0.4, -0.2) is 40.3 Å². The molecule has 2 heterocycles. The van der Waals surface area contributed by atoms with Crippen molar-refractivity contribution in [3.05, 3.63) is 0 Å². The first-order chi connectivity index (χ1) is 7.24. The molecule has 0 radical (unpaired) electrons. The number of amides is 1. The van der Waals surface area contributed by atoms with Crippen LogP contribution in [0, 0.1) is 0 Å². The molecule has 5 heteroatoms. The lowest BCUT2D eigenvalue weighted by Gasteiger charge is -2.24. The van der Waals surface area contributed by atoms with Crippen LogP contribution in [0.15, 0.2) is 0 Å². The highest BCUT2D eigenvalue weighted by molar-refractivity contribution is 7.85. The van der Waals surface area contributed by atoms with Crippen molar-refractivity contribution in [3.8, 4) is 0 Å². The van der Waals surface area contributed by atoms with Gasteiger partial charge in [-0.2, -0.15) is 0 Å². The van der Waals surface area contributed by atoms with Crippen molar-refractivity contribution in [2.75, 3.05) is 18.1 Å². The average molecular weight is 230 g/mol. The fraction of sp³-hybridized carbons (Fsp3) is 0.900. The molecular formula is C10H18N2O2S. The van der Waals surface area contributed by atoms with Crippen LogP contribution in [0.3, 0.4) is 0 Å². The lowest BCUT2D eigenvalue weighted by molar-refractivity contribution is -0.119. The monoisotopic (exact) mass is 230 g/mol. The van der Waals surface area contributed by atoms with Gasteiger partial charge >= 0.3 is 0 Å². The summed E-state index contributed by atoms with van der Waals surface area (Å²) in [6.07, 6.45) is 3.63. The number of hydrogen-bond acceptors (Lipinski definition) is 3. The summed E-state index contributed by atoms with van der Waals surface area (Å²) in [4.78, 5) is 11.0. The van der Waals surface area contributed by atoms with Crippen LogP contribution in [-0.2, 0) is 15.6 Å². The van der Waals surface area contributed by atoms with E-state index in [1.54, 1.807) is 0 Å². The zero-order valence-corrected chi connectivity index (χ0v) is 9.65. The Bertz CT molecular complexity index is 260. The minimum Gasteiger partial charge on any atom is -0.352 e. The van der Waals surface area contributed by atoms with Crippen LogP contribution in [0.5, 0.6) is 0 Å². The molecule has 1 atom stereocenters. The molecule has 0 bridgehead atoms. The Morgan fingerprint density at radius 3 is 2.67 bits per heavy atom. The summed E-state index contributed by atoms with van der Waals surface area (Å²) in [6.45, 7) is 0.864. The van der Waals surface area contributed by atoms with E-state index in [2.05, 4.69) is 10.6 Å². The predicted octanol–water partition coefficient (Wildman–Crippen LogP) is -0.234. The first-order valence-corrected chi connectivity index (χ1v) is 7.10. The van der Waals surface area contributed by atoms with Crippen molar-refractivity contribution in [1.82, 2.24) is 10.6 Å². The van der Waals surface area contributed by atoms with Gasteiger partial charge in [-0.3, -0.25) is 9.00 Å². The molecule has 4 nitrogen and oxygen atoms in total. The second-order valence-corrected chi connectivity index (χ2v) is 6.03. The van der Waals surface area contributed by atoms with Gasteiger partial charge in [0.15, 0.2) is 0 Å². The summed E-state index contributed by atoms with van der Waals surface area (Å²) in [7, 11) is -0.582. The third kappa shape index (κ3) is 3.28. The maximum Gasteiger partial charge on any atom is 0.220 e. The molecule has 0 aliphatic carbocycles. The van der Waals surface area contributed by atoms with Gasteiger partial charge in [-0.15, -0.1) is 0 Å². The molecule has 2 rings (SSSR count). The fourth-order valence-corrected chi connectivity index (χ4v) is 3.44. The summed E-state index contributed by atoms with van der Waals surface area (Å²) in [5.41, 5.74) is 0. The smallest absolute Gasteiger partial charge is 0.220 e. The highest BCUT2D eigenvalue weighted by atomic mass is 32.2. The van der Waals surface area contributed by atoms with Gasteiger partial charge in [0.05, 0.1) is 0 Å². The molecule has 0 aromatic rings. The van der Waals surface area contributed by atoms with Crippen LogP contribution in [0.2, 0.25) is 0 Å². The Morgan fingerprint density at radius 2 is 2.07 bits per heavy atom. The van der Waals surface area contributed by atoms with E-state index in [4.69, 9.17) is 0 Å². The Hall–Kier alpha value is -0.420. The number of carbonyl (C=O) groups is 1. The van der Waals surface area contributed by atoms with E-state index in [0.29, 0.717) is 18.5 Å². The number of carbonyl (C=O) groups excluding carboxylic acids is 1. The van der Waals surface area contributed by atoms with Gasteiger partial charge in [-0.1, -0.05) is 0 Å². The van der Waals surface area contributed by atoms with Crippen LogP contribution in [0.1, 0.15) is 25.7 Å². The SMILES string of the molecule is O=C1CCC(CNC2CCS(=O)CC2)N1. The van der Waals surface area contributed by atoms with Crippen molar-refractivity contribution in [2.45, 2.75) is 37.8 Å². The van der Waals surface area contributed by atoms with Gasteiger partial charge in [0.1, 0.15) is 0 Å². The second kappa shape index (κ2) is 5.07. The van der Waals surface area contributed by atoms with Gasteiger partial charge < -0.3 is 10.6 Å². The Kier molecular flexibility index (Phi) is 3.75. The minimum absolute atomic E-state index is 0.173. The highest BCUT2D eigenvalue weighted by Gasteiger charge is 2.23. The maximum absolute atomic E-state index is 11.1. The van der Waals surface area contributed by atoms with E-state index in [9.17, 15) is 9.00 Å². The molecule has 0 aromatic heterocycles. The largest absolute Gasteiger partial charge is 0.352 e. The van der Waals surface area contributed by atoms with Crippen LogP contribution in [0.4, 0.5) is 0 Å². The minimum atomic E-state index is -0.582. The molecule has 1 amide bonds. The molecule has 2 N–H and O–H groups in total. The molecule has 2 fully saturated rings. The van der Waals surface area contributed by atoms with E-state index in [0.717, 1.165) is 37.3 Å². The van der Waals surface area contributed by atoms with E-state index >= 15 is 0 Å². The van der Waals surface area contributed by atoms with Crippen molar-refractivity contribution in [2.24, 2.45) is 0 Å². The summed E-state index contributed by atoms with van der Waals surface area (Å²) >= 11 is 0. The second-order valence-electron chi connectivity index (χ2n) is 4.33. The number of hydrogen-bond donors (Lipinski definition) is 2. The Balaban J connectivity index is 1.65. The van der Waals surface area contributed by atoms with Crippen molar-refractivity contribution >= 4 is 16.7 Å². The molecule has 2 saturated heterocycles. The highest BCUT2D eigenvalue weighted by Crippen LogP contribution is 2.10. The predicted molar refractivity (Wildman–Crippen MR) is 60.1 cm³/mol. The first-order valence-electron chi connectivity index (χ1n) is 5.62. The lowest BCUT2D eigenvalue weighted by Crippen LogP contribution is -2.43. The fourth-order valence-electron chi connectivity index (χ4n) is 2.14. The molecule has 2 aliphatic rings. The van der Waals surface area contributed by atoms with Gasteiger partial charge in [-0.25, -0.2) is 0 Å². The summed E-state index contributed by atoms with van der Waals surface area (Å²) in [6, 6.07) is 0.810. The average Bonchev–Trinajstić information content (AvgIpc) is 2.64. The van der Waals surface area contributed by atoms with Crippen molar-refractivity contribution in [3.63, 3.8) is 0 Å². The van der Waals surface area contributed by atoms with E-state index in [1.165, 1.54) is 0 Å². The normalized spacial score (nSPS) is 36.5. The molecule has 86 valence electrons. The quantitative estimate of drug-likeness (QED) is 0.704. The van der Waals surface area contributed by atoms with E-state index in [1.807, 2.05) is 0 Å². The van der Waals surface area contributed by atoms with Crippen LogP contribution >= 0.6 is 0 Å². The zero-order valence-electron chi connectivity index (χ0n) is 8.83. The van der Waals surface area contributed by atoms with E-state index in [-0.39, 0.29) is 5.91 Å². The Labute approximate surface area is 92.6 Å². The van der Waals surface area contributed by atoms with Gasteiger partial charge in [0, 0.05) is 47.4 Å². The number of nitrogens with one attached hydrogen (secondary N) is 2. The summed E-state index contributed by atoms with van der Waals surface area (Å²) < 4.78 is 11.1. The van der Waals surface area contributed by atoms with Crippen LogP contribution < -0.4 is 10.6 Å². The standard InChI is InChI=1S/C10H18N2O2S/c13-10-2-1-9(12-10)7-11-8-3-5-15(14)6-4-8/h8-9,11H,1-7H2,(H,12,13). The van der Waals surface area contributed by atoms with Gasteiger partial charge in [-0.05, 0) is 19.3 Å². The molecule has 15 heavy (non-hydrogen) atoms. The van der Waals surface area contributed by atoms with Gasteiger partial charge in [0.2, 0.25) is 5.91 Å². The third-order valence-electron chi connectivity index (χ3n) is 3.13. The molecule has 1 unspecified atom stereocenters. The lowest BCUT2D eigenvalue weighted by atomic mass is 10.1. The molecule has 0 aromatic carbocycles. The molecule has 0 saturated carbocycles. The summed E-state index contributed by atoms with van der Waals surface area (Å²) in [5, 5.41) is 6.40. The summed E-state index contributed by atoms with van der Waals surface area (Å²) in [5.74, 6) is 1.83. The zero-order chi connectivity index (χ0) is 10.7. The molecule has 2 aliphatic heterocycles. The van der Waals surface area contributed by atoms with Crippen molar-refractivity contribution in [1.29, 1.82) is 0 Å². The molecular weight excluding hydrogens is 212 g/mol. The van der Waals surface area contributed by atoms with E-state index < -0.39 is 10.8 Å². The molecule has 0 spiro atoms. The number of rotatable bonds is 3. The third-order valence-corrected chi connectivity index (χ3v) is 4.51. The first kappa shape index (κ1) is 11.1.